The molecule has 0 radical (unpaired) electrons. The summed E-state index contributed by atoms with van der Waals surface area (Å²) in [5, 5.41) is 10.4. The second kappa shape index (κ2) is 6.35. The van der Waals surface area contributed by atoms with Gasteiger partial charge in [-0.3, -0.25) is 0 Å². The van der Waals surface area contributed by atoms with Crippen LogP contribution in [0, 0.1) is 6.92 Å². The number of alkyl halides is 6. The SMILES string of the molecule is Cc1cc2nnc(C(F)(F)F)n2nc1-c1ccc(O[C@@H](C)C(F)(F)F)nc1. The van der Waals surface area contributed by atoms with Crippen molar-refractivity contribution >= 4 is 5.65 Å². The van der Waals surface area contributed by atoms with E-state index in [2.05, 4.69) is 20.3 Å². The molecule has 0 N–H and O–H groups in total. The summed E-state index contributed by atoms with van der Waals surface area (Å²) in [4.78, 5) is 3.76. The smallest absolute Gasteiger partial charge is 0.453 e. The molecule has 3 rings (SSSR count). The molecule has 0 saturated carbocycles. The molecule has 0 unspecified atom stereocenters. The van der Waals surface area contributed by atoms with Crippen LogP contribution in [0.4, 0.5) is 26.3 Å². The van der Waals surface area contributed by atoms with E-state index < -0.39 is 24.3 Å². The summed E-state index contributed by atoms with van der Waals surface area (Å²) in [6.07, 6.45) is -10.2. The maximum atomic E-state index is 13.0. The van der Waals surface area contributed by atoms with Crippen LogP contribution < -0.4 is 4.74 Å². The first-order valence-corrected chi connectivity index (χ1v) is 7.47. The van der Waals surface area contributed by atoms with Gasteiger partial charge in [0.25, 0.3) is 5.82 Å². The highest BCUT2D eigenvalue weighted by Gasteiger charge is 2.39. The van der Waals surface area contributed by atoms with Gasteiger partial charge in [-0.2, -0.15) is 36.0 Å². The fourth-order valence-electron chi connectivity index (χ4n) is 2.22. The quantitative estimate of drug-likeness (QED) is 0.635. The molecule has 0 fully saturated rings. The van der Waals surface area contributed by atoms with Crippen LogP contribution in [0.3, 0.4) is 0 Å². The molecule has 27 heavy (non-hydrogen) atoms. The fraction of sp³-hybridized carbons (Fsp3) is 0.333. The highest BCUT2D eigenvalue weighted by Crippen LogP contribution is 2.30. The zero-order valence-electron chi connectivity index (χ0n) is 13.8. The minimum Gasteiger partial charge on any atom is -0.465 e. The van der Waals surface area contributed by atoms with Crippen molar-refractivity contribution < 1.29 is 31.1 Å². The van der Waals surface area contributed by atoms with Crippen LogP contribution in [-0.2, 0) is 6.18 Å². The number of ether oxygens (including phenoxy) is 1. The number of pyridine rings is 1. The van der Waals surface area contributed by atoms with Crippen molar-refractivity contribution in [3.05, 3.63) is 35.8 Å². The number of hydrogen-bond acceptors (Lipinski definition) is 5. The van der Waals surface area contributed by atoms with Gasteiger partial charge in [0.05, 0.1) is 5.69 Å². The number of fused-ring (bicyclic) bond motifs is 1. The van der Waals surface area contributed by atoms with Crippen molar-refractivity contribution in [2.45, 2.75) is 32.3 Å². The van der Waals surface area contributed by atoms with Crippen molar-refractivity contribution in [2.75, 3.05) is 0 Å². The largest absolute Gasteiger partial charge is 0.465 e. The average Bonchev–Trinajstić information content (AvgIpc) is 2.97. The normalized spacial score (nSPS) is 13.8. The zero-order chi connectivity index (χ0) is 20.0. The summed E-state index contributed by atoms with van der Waals surface area (Å²) in [7, 11) is 0. The van der Waals surface area contributed by atoms with E-state index in [-0.39, 0.29) is 17.2 Å². The van der Waals surface area contributed by atoms with Crippen LogP contribution in [0.2, 0.25) is 0 Å². The molecule has 0 aliphatic carbocycles. The van der Waals surface area contributed by atoms with Crippen LogP contribution in [0.25, 0.3) is 16.9 Å². The van der Waals surface area contributed by atoms with E-state index in [1.807, 2.05) is 0 Å². The Morgan fingerprint density at radius 2 is 1.78 bits per heavy atom. The predicted molar refractivity (Wildman–Crippen MR) is 79.9 cm³/mol. The molecular weight excluding hydrogens is 380 g/mol. The second-order valence-corrected chi connectivity index (χ2v) is 5.65. The molecule has 0 spiro atoms. The maximum Gasteiger partial charge on any atom is 0.453 e. The van der Waals surface area contributed by atoms with E-state index in [9.17, 15) is 26.3 Å². The van der Waals surface area contributed by atoms with Crippen LogP contribution in [0.1, 0.15) is 18.3 Å². The summed E-state index contributed by atoms with van der Waals surface area (Å²) in [5.74, 6) is -1.56. The molecule has 0 amide bonds. The molecule has 3 heterocycles. The Morgan fingerprint density at radius 3 is 2.33 bits per heavy atom. The summed E-state index contributed by atoms with van der Waals surface area (Å²) in [5.41, 5.74) is 0.845. The van der Waals surface area contributed by atoms with E-state index in [1.165, 1.54) is 18.2 Å². The molecule has 144 valence electrons. The molecule has 3 aromatic rings. The van der Waals surface area contributed by atoms with Gasteiger partial charge < -0.3 is 4.74 Å². The standard InChI is InChI=1S/C15H11F6N5O/c1-7-5-10-23-24-13(15(19,20)21)26(10)25-12(7)9-3-4-11(22-6-9)27-8(2)14(16,17)18/h3-6,8H,1-2H3/t8-/m0/s1. The average molecular weight is 391 g/mol. The first kappa shape index (κ1) is 18.9. The third kappa shape index (κ3) is 3.78. The van der Waals surface area contributed by atoms with Crippen LogP contribution in [0.5, 0.6) is 5.88 Å². The van der Waals surface area contributed by atoms with Crippen LogP contribution >= 0.6 is 0 Å². The summed E-state index contributed by atoms with van der Waals surface area (Å²) in [6.45, 7) is 2.43. The Labute approximate surface area is 147 Å². The first-order chi connectivity index (χ1) is 12.5. The monoisotopic (exact) mass is 391 g/mol. The maximum absolute atomic E-state index is 13.0. The molecule has 0 saturated heterocycles. The molecule has 12 heteroatoms. The van der Waals surface area contributed by atoms with E-state index in [0.29, 0.717) is 15.6 Å². The van der Waals surface area contributed by atoms with Crippen molar-refractivity contribution in [1.29, 1.82) is 0 Å². The fourth-order valence-corrected chi connectivity index (χ4v) is 2.22. The minimum atomic E-state index is -4.75. The van der Waals surface area contributed by atoms with Gasteiger partial charge in [-0.05, 0) is 31.5 Å². The lowest BCUT2D eigenvalue weighted by atomic mass is 10.1. The Morgan fingerprint density at radius 1 is 1.07 bits per heavy atom. The number of halogens is 6. The summed E-state index contributed by atoms with van der Waals surface area (Å²) < 4.78 is 81.7. The molecule has 6 nitrogen and oxygen atoms in total. The minimum absolute atomic E-state index is 0.0875. The Kier molecular flexibility index (Phi) is 4.44. The molecule has 3 aromatic heterocycles. The lowest BCUT2D eigenvalue weighted by Gasteiger charge is -2.16. The number of aromatic nitrogens is 5. The van der Waals surface area contributed by atoms with E-state index in [0.717, 1.165) is 13.1 Å². The third-order valence-electron chi connectivity index (χ3n) is 3.61. The second-order valence-electron chi connectivity index (χ2n) is 5.65. The van der Waals surface area contributed by atoms with E-state index in [4.69, 9.17) is 4.74 Å². The molecule has 1 atom stereocenters. The number of rotatable bonds is 3. The van der Waals surface area contributed by atoms with E-state index >= 15 is 0 Å². The van der Waals surface area contributed by atoms with Gasteiger partial charge in [0.1, 0.15) is 0 Å². The first-order valence-electron chi connectivity index (χ1n) is 7.47. The zero-order valence-corrected chi connectivity index (χ0v) is 13.8. The number of hydrogen-bond donors (Lipinski definition) is 0. The Bertz CT molecular complexity index is 964. The van der Waals surface area contributed by atoms with Crippen molar-refractivity contribution in [3.8, 4) is 17.1 Å². The van der Waals surface area contributed by atoms with Gasteiger partial charge in [0, 0.05) is 17.8 Å². The molecule has 0 bridgehead atoms. The predicted octanol–water partition coefficient (Wildman–Crippen LogP) is 3.84. The highest BCUT2D eigenvalue weighted by atomic mass is 19.4. The van der Waals surface area contributed by atoms with Crippen molar-refractivity contribution in [3.63, 3.8) is 0 Å². The Hall–Kier alpha value is -2.92. The Balaban J connectivity index is 1.96. The molecular formula is C15H11F6N5O. The van der Waals surface area contributed by atoms with Gasteiger partial charge in [0.15, 0.2) is 11.8 Å². The van der Waals surface area contributed by atoms with Crippen molar-refractivity contribution in [2.24, 2.45) is 0 Å². The topological polar surface area (TPSA) is 65.2 Å². The highest BCUT2D eigenvalue weighted by molar-refractivity contribution is 5.64. The van der Waals surface area contributed by atoms with Gasteiger partial charge >= 0.3 is 12.4 Å². The third-order valence-corrected chi connectivity index (χ3v) is 3.61. The molecule has 0 aromatic carbocycles. The van der Waals surface area contributed by atoms with Crippen molar-refractivity contribution in [1.82, 2.24) is 24.8 Å². The van der Waals surface area contributed by atoms with Gasteiger partial charge in [-0.1, -0.05) is 0 Å². The van der Waals surface area contributed by atoms with Crippen LogP contribution in [-0.4, -0.2) is 37.1 Å². The summed E-state index contributed by atoms with van der Waals surface area (Å²) in [6, 6.07) is 3.89. The lowest BCUT2D eigenvalue weighted by Crippen LogP contribution is -2.31. The molecule has 0 aliphatic heterocycles. The van der Waals surface area contributed by atoms with Crippen LogP contribution in [0.15, 0.2) is 24.4 Å². The van der Waals surface area contributed by atoms with Gasteiger partial charge in [-0.15, -0.1) is 10.2 Å². The van der Waals surface area contributed by atoms with Gasteiger partial charge in [-0.25, -0.2) is 4.98 Å². The van der Waals surface area contributed by atoms with Gasteiger partial charge in [0.2, 0.25) is 5.88 Å². The summed E-state index contributed by atoms with van der Waals surface area (Å²) >= 11 is 0. The lowest BCUT2D eigenvalue weighted by molar-refractivity contribution is -0.189. The number of nitrogens with zero attached hydrogens (tertiary/aromatic N) is 5. The van der Waals surface area contributed by atoms with E-state index in [1.54, 1.807) is 6.92 Å². The number of aryl methyl sites for hydroxylation is 1. The molecule has 0 aliphatic rings.